The van der Waals surface area contributed by atoms with Gasteiger partial charge < -0.3 is 10.1 Å². The van der Waals surface area contributed by atoms with Crippen LogP contribution in [0.4, 0.5) is 8.78 Å². The zero-order valence-electron chi connectivity index (χ0n) is 12.1. The smallest absolute Gasteiger partial charge is 0.128 e. The molecule has 21 heavy (non-hydrogen) atoms. The van der Waals surface area contributed by atoms with E-state index in [1.807, 2.05) is 37.3 Å². The summed E-state index contributed by atoms with van der Waals surface area (Å²) in [6.45, 7) is 2.36. The fraction of sp³-hybridized carbons (Fsp3) is 0.294. The van der Waals surface area contributed by atoms with E-state index in [0.29, 0.717) is 6.61 Å². The third-order valence-electron chi connectivity index (χ3n) is 3.38. The molecule has 0 aliphatic rings. The summed E-state index contributed by atoms with van der Waals surface area (Å²) in [5.74, 6) is -0.911. The average molecular weight is 291 g/mol. The van der Waals surface area contributed by atoms with Crippen LogP contribution in [0.15, 0.2) is 48.5 Å². The van der Waals surface area contributed by atoms with Crippen LogP contribution in [0.25, 0.3) is 0 Å². The Morgan fingerprint density at radius 1 is 1.10 bits per heavy atom. The molecule has 0 heterocycles. The van der Waals surface area contributed by atoms with E-state index < -0.39 is 23.8 Å². The van der Waals surface area contributed by atoms with E-state index in [9.17, 15) is 8.78 Å². The van der Waals surface area contributed by atoms with Gasteiger partial charge in [-0.1, -0.05) is 30.3 Å². The lowest BCUT2D eigenvalue weighted by molar-refractivity contribution is 0.0337. The van der Waals surface area contributed by atoms with Crippen molar-refractivity contribution >= 4 is 0 Å². The highest BCUT2D eigenvalue weighted by Gasteiger charge is 2.26. The molecule has 0 aliphatic heterocycles. The van der Waals surface area contributed by atoms with Crippen LogP contribution in [-0.4, -0.2) is 13.7 Å². The molecule has 0 saturated carbocycles. The van der Waals surface area contributed by atoms with Gasteiger partial charge in [0.2, 0.25) is 0 Å². The van der Waals surface area contributed by atoms with Crippen molar-refractivity contribution < 1.29 is 13.5 Å². The lowest BCUT2D eigenvalue weighted by atomic mass is 9.95. The maximum absolute atomic E-state index is 14.1. The van der Waals surface area contributed by atoms with Crippen LogP contribution in [0.5, 0.6) is 0 Å². The van der Waals surface area contributed by atoms with Crippen molar-refractivity contribution in [3.05, 3.63) is 71.3 Å². The van der Waals surface area contributed by atoms with Crippen molar-refractivity contribution in [1.82, 2.24) is 5.32 Å². The Bertz CT molecular complexity index is 574. The minimum absolute atomic E-state index is 0.264. The molecule has 112 valence electrons. The monoisotopic (exact) mass is 291 g/mol. The normalized spacial score (nSPS) is 13.9. The van der Waals surface area contributed by atoms with Gasteiger partial charge in [0.25, 0.3) is 0 Å². The summed E-state index contributed by atoms with van der Waals surface area (Å²) in [4.78, 5) is 0. The summed E-state index contributed by atoms with van der Waals surface area (Å²) in [6.07, 6.45) is -0.391. The molecule has 0 saturated heterocycles. The zero-order valence-corrected chi connectivity index (χ0v) is 12.1. The van der Waals surface area contributed by atoms with Gasteiger partial charge in [-0.15, -0.1) is 0 Å². The van der Waals surface area contributed by atoms with Crippen LogP contribution < -0.4 is 5.32 Å². The summed E-state index contributed by atoms with van der Waals surface area (Å²) in [6, 6.07) is 12.5. The number of likely N-dealkylation sites (N-methyl/N-ethyl adjacent to an activating group) is 1. The molecule has 2 rings (SSSR count). The molecule has 0 spiro atoms. The molecular weight excluding hydrogens is 272 g/mol. The third-order valence-corrected chi connectivity index (χ3v) is 3.38. The van der Waals surface area contributed by atoms with Crippen molar-refractivity contribution in [2.45, 2.75) is 19.1 Å². The Morgan fingerprint density at radius 3 is 2.43 bits per heavy atom. The molecule has 0 amide bonds. The van der Waals surface area contributed by atoms with E-state index >= 15 is 0 Å². The maximum Gasteiger partial charge on any atom is 0.128 e. The van der Waals surface area contributed by atoms with Gasteiger partial charge in [0.15, 0.2) is 0 Å². The van der Waals surface area contributed by atoms with Gasteiger partial charge in [-0.3, -0.25) is 0 Å². The Morgan fingerprint density at radius 2 is 1.81 bits per heavy atom. The molecule has 0 radical (unpaired) electrons. The minimum Gasteiger partial charge on any atom is -0.372 e. The van der Waals surface area contributed by atoms with Crippen molar-refractivity contribution in [2.75, 3.05) is 13.7 Å². The first kappa shape index (κ1) is 15.6. The second-order valence-electron chi connectivity index (χ2n) is 4.72. The molecule has 2 nitrogen and oxygen atoms in total. The Kier molecular flexibility index (Phi) is 5.42. The first-order valence-electron chi connectivity index (χ1n) is 6.96. The van der Waals surface area contributed by atoms with Gasteiger partial charge in [-0.2, -0.15) is 0 Å². The quantitative estimate of drug-likeness (QED) is 0.868. The number of hydrogen-bond donors (Lipinski definition) is 1. The van der Waals surface area contributed by atoms with E-state index in [2.05, 4.69) is 5.32 Å². The van der Waals surface area contributed by atoms with Gasteiger partial charge in [0.05, 0.1) is 6.04 Å². The number of ether oxygens (including phenoxy) is 1. The second kappa shape index (κ2) is 7.29. The highest BCUT2D eigenvalue weighted by Crippen LogP contribution is 2.33. The molecule has 0 bridgehead atoms. The van der Waals surface area contributed by atoms with E-state index in [1.165, 1.54) is 6.07 Å². The van der Waals surface area contributed by atoms with Crippen molar-refractivity contribution in [3.63, 3.8) is 0 Å². The maximum atomic E-state index is 14.1. The number of rotatable bonds is 6. The molecule has 4 heteroatoms. The topological polar surface area (TPSA) is 21.3 Å². The second-order valence-corrected chi connectivity index (χ2v) is 4.72. The van der Waals surface area contributed by atoms with E-state index in [1.54, 1.807) is 7.05 Å². The highest BCUT2D eigenvalue weighted by atomic mass is 19.1. The SMILES string of the molecule is CCOC(c1ccccc1)C(NC)c1cc(F)ccc1F. The van der Waals surface area contributed by atoms with Gasteiger partial charge in [0, 0.05) is 12.2 Å². The average Bonchev–Trinajstić information content (AvgIpc) is 2.51. The highest BCUT2D eigenvalue weighted by molar-refractivity contribution is 5.28. The summed E-state index contributed by atoms with van der Waals surface area (Å²) >= 11 is 0. The summed E-state index contributed by atoms with van der Waals surface area (Å²) in [5, 5.41) is 3.04. The van der Waals surface area contributed by atoms with Crippen LogP contribution in [0, 0.1) is 11.6 Å². The Hall–Kier alpha value is -1.78. The van der Waals surface area contributed by atoms with Crippen molar-refractivity contribution in [2.24, 2.45) is 0 Å². The summed E-state index contributed by atoms with van der Waals surface area (Å²) < 4.78 is 33.3. The van der Waals surface area contributed by atoms with Crippen LogP contribution >= 0.6 is 0 Å². The predicted molar refractivity (Wildman–Crippen MR) is 79.0 cm³/mol. The number of halogens is 2. The predicted octanol–water partition coefficient (Wildman–Crippen LogP) is 4.00. The lowest BCUT2D eigenvalue weighted by Gasteiger charge is -2.28. The van der Waals surface area contributed by atoms with E-state index in [4.69, 9.17) is 4.74 Å². The Labute approximate surface area is 123 Å². The molecule has 2 atom stereocenters. The van der Waals surface area contributed by atoms with Crippen molar-refractivity contribution in [3.8, 4) is 0 Å². The third kappa shape index (κ3) is 3.65. The zero-order chi connectivity index (χ0) is 15.2. The molecule has 1 N–H and O–H groups in total. The molecule has 0 fully saturated rings. The lowest BCUT2D eigenvalue weighted by Crippen LogP contribution is -2.27. The van der Waals surface area contributed by atoms with Gasteiger partial charge in [-0.25, -0.2) is 8.78 Å². The Balaban J connectivity index is 2.43. The standard InChI is InChI=1S/C17H19F2NO/c1-3-21-17(12-7-5-4-6-8-12)16(20-2)14-11-13(18)9-10-15(14)19/h4-11,16-17,20H,3H2,1-2H3. The van der Waals surface area contributed by atoms with Crippen LogP contribution in [0.2, 0.25) is 0 Å². The van der Waals surface area contributed by atoms with E-state index in [0.717, 1.165) is 17.7 Å². The van der Waals surface area contributed by atoms with Crippen LogP contribution in [0.1, 0.15) is 30.2 Å². The first-order valence-corrected chi connectivity index (χ1v) is 6.96. The minimum atomic E-state index is -0.469. The number of hydrogen-bond acceptors (Lipinski definition) is 2. The number of benzene rings is 2. The molecule has 2 aromatic rings. The molecule has 2 aromatic carbocycles. The van der Waals surface area contributed by atoms with Crippen LogP contribution in [0.3, 0.4) is 0 Å². The van der Waals surface area contributed by atoms with Gasteiger partial charge in [-0.05, 0) is 37.7 Å². The summed E-state index contributed by atoms with van der Waals surface area (Å²) in [7, 11) is 1.71. The molecular formula is C17H19F2NO. The molecule has 0 aliphatic carbocycles. The van der Waals surface area contributed by atoms with Crippen LogP contribution in [-0.2, 0) is 4.74 Å². The molecule has 0 aromatic heterocycles. The summed E-state index contributed by atoms with van der Waals surface area (Å²) in [5.41, 5.74) is 1.18. The van der Waals surface area contributed by atoms with E-state index in [-0.39, 0.29) is 5.56 Å². The molecule has 2 unspecified atom stereocenters. The fourth-order valence-electron chi connectivity index (χ4n) is 2.43. The van der Waals surface area contributed by atoms with Crippen molar-refractivity contribution in [1.29, 1.82) is 0 Å². The number of nitrogens with one attached hydrogen (secondary N) is 1. The largest absolute Gasteiger partial charge is 0.372 e. The van der Waals surface area contributed by atoms with Gasteiger partial charge >= 0.3 is 0 Å². The van der Waals surface area contributed by atoms with Gasteiger partial charge in [0.1, 0.15) is 17.7 Å². The first-order chi connectivity index (χ1) is 10.2. The fourth-order valence-corrected chi connectivity index (χ4v) is 2.43.